The molecule has 3 rings (SSSR count). The van der Waals surface area contributed by atoms with Crippen LogP contribution in [0, 0.1) is 5.92 Å². The maximum atomic E-state index is 12.0. The van der Waals surface area contributed by atoms with Crippen molar-refractivity contribution in [2.24, 2.45) is 5.92 Å². The van der Waals surface area contributed by atoms with Crippen LogP contribution in [0.1, 0.15) is 50.3 Å². The van der Waals surface area contributed by atoms with Gasteiger partial charge in [-0.05, 0) is 50.4 Å². The summed E-state index contributed by atoms with van der Waals surface area (Å²) in [5.74, 6) is 0.987. The van der Waals surface area contributed by atoms with Crippen LogP contribution in [0.25, 0.3) is 0 Å². The Kier molecular flexibility index (Phi) is 2.90. The molecule has 1 amide bonds. The number of fused-ring (bicyclic) bond motifs is 1. The molecule has 1 saturated carbocycles. The van der Waals surface area contributed by atoms with Crippen molar-refractivity contribution in [1.29, 1.82) is 0 Å². The van der Waals surface area contributed by atoms with E-state index in [1.165, 1.54) is 24.8 Å². The first-order valence-electron chi connectivity index (χ1n) is 7.15. The van der Waals surface area contributed by atoms with Crippen LogP contribution in [0.2, 0.25) is 0 Å². The van der Waals surface area contributed by atoms with Gasteiger partial charge < -0.3 is 10.6 Å². The van der Waals surface area contributed by atoms with Crippen LogP contribution >= 0.6 is 0 Å². The van der Waals surface area contributed by atoms with Crippen LogP contribution in [-0.2, 0) is 10.2 Å². The maximum absolute atomic E-state index is 12.0. The standard InChI is InChI=1S/C16H22N2O/c1-16(2)12-9-11(6-7-13(12)18-15(16)19)14(17-3)8-10-4-5-10/h6-7,9-10,14,17H,4-5,8H2,1-3H3,(H,18,19). The lowest BCUT2D eigenvalue weighted by Gasteiger charge is -2.20. The lowest BCUT2D eigenvalue weighted by atomic mass is 9.84. The third-order valence-corrected chi connectivity index (χ3v) is 4.55. The molecule has 0 bridgehead atoms. The number of nitrogens with one attached hydrogen (secondary N) is 2. The third-order valence-electron chi connectivity index (χ3n) is 4.55. The number of rotatable bonds is 4. The maximum Gasteiger partial charge on any atom is 0.234 e. The van der Waals surface area contributed by atoms with Crippen LogP contribution in [-0.4, -0.2) is 13.0 Å². The van der Waals surface area contributed by atoms with Crippen molar-refractivity contribution in [3.05, 3.63) is 29.3 Å². The Morgan fingerprint density at radius 1 is 1.42 bits per heavy atom. The van der Waals surface area contributed by atoms with Crippen molar-refractivity contribution in [3.63, 3.8) is 0 Å². The summed E-state index contributed by atoms with van der Waals surface area (Å²) < 4.78 is 0. The van der Waals surface area contributed by atoms with Gasteiger partial charge in [-0.15, -0.1) is 0 Å². The molecule has 19 heavy (non-hydrogen) atoms. The molecule has 1 aliphatic carbocycles. The largest absolute Gasteiger partial charge is 0.325 e. The van der Waals surface area contributed by atoms with Gasteiger partial charge in [-0.1, -0.05) is 25.0 Å². The SMILES string of the molecule is CNC(CC1CC1)c1ccc2c(c1)C(C)(C)C(=O)N2. The van der Waals surface area contributed by atoms with Gasteiger partial charge in [0.1, 0.15) is 0 Å². The van der Waals surface area contributed by atoms with E-state index in [0.717, 1.165) is 17.2 Å². The summed E-state index contributed by atoms with van der Waals surface area (Å²) >= 11 is 0. The smallest absolute Gasteiger partial charge is 0.234 e. The number of anilines is 1. The summed E-state index contributed by atoms with van der Waals surface area (Å²) in [7, 11) is 2.02. The van der Waals surface area contributed by atoms with Crippen molar-refractivity contribution >= 4 is 11.6 Å². The van der Waals surface area contributed by atoms with Gasteiger partial charge in [0.15, 0.2) is 0 Å². The monoisotopic (exact) mass is 258 g/mol. The van der Waals surface area contributed by atoms with Gasteiger partial charge in [0.25, 0.3) is 0 Å². The van der Waals surface area contributed by atoms with Gasteiger partial charge in [0, 0.05) is 11.7 Å². The summed E-state index contributed by atoms with van der Waals surface area (Å²) in [5, 5.41) is 6.38. The average Bonchev–Trinajstić information content (AvgIpc) is 3.16. The fourth-order valence-electron chi connectivity index (χ4n) is 2.91. The molecule has 3 nitrogen and oxygen atoms in total. The van der Waals surface area contributed by atoms with Gasteiger partial charge >= 0.3 is 0 Å². The number of carbonyl (C=O) groups is 1. The van der Waals surface area contributed by atoms with Crippen LogP contribution in [0.4, 0.5) is 5.69 Å². The fraction of sp³-hybridized carbons (Fsp3) is 0.562. The van der Waals surface area contributed by atoms with Crippen molar-refractivity contribution in [2.45, 2.75) is 44.6 Å². The number of amides is 1. The molecule has 2 N–H and O–H groups in total. The second-order valence-electron chi connectivity index (χ2n) is 6.40. The zero-order chi connectivity index (χ0) is 13.6. The lowest BCUT2D eigenvalue weighted by Crippen LogP contribution is -2.27. The van der Waals surface area contributed by atoms with Gasteiger partial charge in [0.2, 0.25) is 5.91 Å². The van der Waals surface area contributed by atoms with E-state index >= 15 is 0 Å². The number of hydrogen-bond acceptors (Lipinski definition) is 2. The lowest BCUT2D eigenvalue weighted by molar-refractivity contribution is -0.119. The minimum absolute atomic E-state index is 0.0999. The zero-order valence-electron chi connectivity index (χ0n) is 11.9. The minimum atomic E-state index is -0.413. The summed E-state index contributed by atoms with van der Waals surface area (Å²) in [6, 6.07) is 6.80. The highest BCUT2D eigenvalue weighted by Crippen LogP contribution is 2.41. The summed E-state index contributed by atoms with van der Waals surface area (Å²) in [6.07, 6.45) is 3.94. The van der Waals surface area contributed by atoms with E-state index in [1.807, 2.05) is 20.9 Å². The summed E-state index contributed by atoms with van der Waals surface area (Å²) in [6.45, 7) is 3.99. The quantitative estimate of drug-likeness (QED) is 0.871. The molecule has 1 aliphatic heterocycles. The summed E-state index contributed by atoms with van der Waals surface area (Å²) in [4.78, 5) is 12.0. The van der Waals surface area contributed by atoms with E-state index < -0.39 is 5.41 Å². The molecule has 0 radical (unpaired) electrons. The number of benzene rings is 1. The van der Waals surface area contributed by atoms with Crippen LogP contribution < -0.4 is 10.6 Å². The molecule has 0 aromatic heterocycles. The zero-order valence-corrected chi connectivity index (χ0v) is 11.9. The van der Waals surface area contributed by atoms with Gasteiger partial charge in [-0.2, -0.15) is 0 Å². The first-order chi connectivity index (χ1) is 9.02. The third kappa shape index (κ3) is 2.16. The molecule has 1 heterocycles. The molecular formula is C16H22N2O. The molecule has 1 unspecified atom stereocenters. The van der Waals surface area contributed by atoms with E-state index in [2.05, 4.69) is 28.8 Å². The fourth-order valence-corrected chi connectivity index (χ4v) is 2.91. The van der Waals surface area contributed by atoms with E-state index in [9.17, 15) is 4.79 Å². The van der Waals surface area contributed by atoms with Gasteiger partial charge in [0.05, 0.1) is 5.41 Å². The van der Waals surface area contributed by atoms with Crippen molar-refractivity contribution in [2.75, 3.05) is 12.4 Å². The molecule has 1 atom stereocenters. The highest BCUT2D eigenvalue weighted by molar-refractivity contribution is 6.05. The highest BCUT2D eigenvalue weighted by atomic mass is 16.2. The molecule has 1 fully saturated rings. The second-order valence-corrected chi connectivity index (χ2v) is 6.40. The van der Waals surface area contributed by atoms with E-state index in [-0.39, 0.29) is 5.91 Å². The van der Waals surface area contributed by atoms with Crippen LogP contribution in [0.15, 0.2) is 18.2 Å². The Balaban J connectivity index is 1.92. The van der Waals surface area contributed by atoms with E-state index in [4.69, 9.17) is 0 Å². The second kappa shape index (κ2) is 4.34. The molecule has 0 saturated heterocycles. The average molecular weight is 258 g/mol. The predicted molar refractivity (Wildman–Crippen MR) is 77.2 cm³/mol. The predicted octanol–water partition coefficient (Wildman–Crippen LogP) is 2.98. The topological polar surface area (TPSA) is 41.1 Å². The molecule has 0 spiro atoms. The molecule has 1 aromatic rings. The molecular weight excluding hydrogens is 236 g/mol. The number of hydrogen-bond donors (Lipinski definition) is 2. The molecule has 102 valence electrons. The first kappa shape index (κ1) is 12.7. The van der Waals surface area contributed by atoms with Crippen molar-refractivity contribution < 1.29 is 4.79 Å². The Labute approximate surface area is 114 Å². The molecule has 3 heteroatoms. The molecule has 1 aromatic carbocycles. The first-order valence-corrected chi connectivity index (χ1v) is 7.15. The van der Waals surface area contributed by atoms with Crippen LogP contribution in [0.5, 0.6) is 0 Å². The van der Waals surface area contributed by atoms with E-state index in [1.54, 1.807) is 0 Å². The van der Waals surface area contributed by atoms with Crippen molar-refractivity contribution in [1.82, 2.24) is 5.32 Å². The molecule has 2 aliphatic rings. The van der Waals surface area contributed by atoms with Crippen molar-refractivity contribution in [3.8, 4) is 0 Å². The Morgan fingerprint density at radius 3 is 2.79 bits per heavy atom. The summed E-state index contributed by atoms with van der Waals surface area (Å²) in [5.41, 5.74) is 2.99. The Bertz CT molecular complexity index is 517. The Morgan fingerprint density at radius 2 is 2.16 bits per heavy atom. The highest BCUT2D eigenvalue weighted by Gasteiger charge is 2.38. The van der Waals surface area contributed by atoms with Crippen LogP contribution in [0.3, 0.4) is 0 Å². The minimum Gasteiger partial charge on any atom is -0.325 e. The Hall–Kier alpha value is -1.35. The van der Waals surface area contributed by atoms with E-state index in [0.29, 0.717) is 6.04 Å². The number of carbonyl (C=O) groups excluding carboxylic acids is 1. The van der Waals surface area contributed by atoms with Gasteiger partial charge in [-0.25, -0.2) is 0 Å². The van der Waals surface area contributed by atoms with Gasteiger partial charge in [-0.3, -0.25) is 4.79 Å². The normalized spacial score (nSPS) is 21.9.